The molecule has 3 amide bonds. The van der Waals surface area contributed by atoms with Crippen LogP contribution in [-0.2, 0) is 6.54 Å². The summed E-state index contributed by atoms with van der Waals surface area (Å²) in [5.41, 5.74) is 13.7. The summed E-state index contributed by atoms with van der Waals surface area (Å²) in [4.78, 5) is 45.8. The number of allylic oxidation sites excluding steroid dienone is 1. The number of ether oxygens (including phenoxy) is 2. The lowest BCUT2D eigenvalue weighted by molar-refractivity contribution is 0.0919. The van der Waals surface area contributed by atoms with Crippen LogP contribution in [0.15, 0.2) is 64.7 Å². The molecule has 1 saturated carbocycles. The van der Waals surface area contributed by atoms with Gasteiger partial charge in [0.15, 0.2) is 0 Å². The van der Waals surface area contributed by atoms with Crippen LogP contribution in [0, 0.1) is 12.8 Å². The topological polar surface area (TPSA) is 202 Å². The van der Waals surface area contributed by atoms with E-state index in [-0.39, 0.29) is 43.3 Å². The van der Waals surface area contributed by atoms with Gasteiger partial charge in [0, 0.05) is 56.3 Å². The maximum atomic E-state index is 13.8. The molecule has 16 nitrogen and oxygen atoms in total. The van der Waals surface area contributed by atoms with Gasteiger partial charge in [-0.15, -0.1) is 0 Å². The molecule has 0 bridgehead atoms. The van der Waals surface area contributed by atoms with Crippen LogP contribution in [0.5, 0.6) is 11.5 Å². The SMILES string of the molecule is C=Nc1cc(C(N)=O)cc2c1N(CNC(=O)c1cc(C)nn1CC)C/C=C/CNc1c(NC/C=C/C(C)=N\NCC)cc(C(=O)NC3CCC(C)CC3)cc1OCCCO2. The number of hydrogen-bond acceptors (Lipinski definition) is 12. The molecule has 1 aliphatic carbocycles. The first-order chi connectivity index (χ1) is 29.0. The number of rotatable bonds is 14. The van der Waals surface area contributed by atoms with Crippen LogP contribution in [0.25, 0.3) is 0 Å². The van der Waals surface area contributed by atoms with Crippen molar-refractivity contribution in [2.75, 3.05) is 61.6 Å². The summed E-state index contributed by atoms with van der Waals surface area (Å²) >= 11 is 0. The van der Waals surface area contributed by atoms with Crippen LogP contribution < -0.4 is 46.8 Å². The van der Waals surface area contributed by atoms with Gasteiger partial charge in [-0.3, -0.25) is 24.1 Å². The minimum Gasteiger partial charge on any atom is -0.491 e. The van der Waals surface area contributed by atoms with Crippen LogP contribution in [0.3, 0.4) is 0 Å². The Morgan fingerprint density at radius 3 is 2.48 bits per heavy atom. The second-order valence-electron chi connectivity index (χ2n) is 15.0. The number of nitrogens with one attached hydrogen (secondary N) is 5. The molecule has 60 heavy (non-hydrogen) atoms. The zero-order valence-electron chi connectivity index (χ0n) is 35.6. The monoisotopic (exact) mass is 823 g/mol. The third-order valence-electron chi connectivity index (χ3n) is 10.3. The first-order valence-corrected chi connectivity index (χ1v) is 20.8. The van der Waals surface area contributed by atoms with Crippen molar-refractivity contribution in [1.29, 1.82) is 0 Å². The van der Waals surface area contributed by atoms with E-state index in [1.165, 1.54) is 0 Å². The minimum atomic E-state index is -0.647. The Morgan fingerprint density at radius 2 is 1.77 bits per heavy atom. The molecule has 0 spiro atoms. The molecular weight excluding hydrogens is 763 g/mol. The van der Waals surface area contributed by atoms with Crippen LogP contribution in [-0.4, -0.2) is 92.0 Å². The number of aliphatic imine (C=N–C) groups is 1. The molecule has 0 unspecified atom stereocenters. The number of amides is 3. The van der Waals surface area contributed by atoms with E-state index in [1.54, 1.807) is 28.9 Å². The summed E-state index contributed by atoms with van der Waals surface area (Å²) < 4.78 is 14.4. The lowest BCUT2D eigenvalue weighted by Gasteiger charge is -2.28. The summed E-state index contributed by atoms with van der Waals surface area (Å²) in [6.07, 6.45) is 12.3. The summed E-state index contributed by atoms with van der Waals surface area (Å²) in [5, 5.41) is 22.0. The fourth-order valence-electron chi connectivity index (χ4n) is 7.11. The number of hydrazone groups is 1. The van der Waals surface area contributed by atoms with E-state index in [4.69, 9.17) is 15.2 Å². The molecule has 0 saturated heterocycles. The standard InChI is InChI=1S/C44H61N11O5/c1-7-50-52-30(4)13-11-19-47-35-25-33(43(57)51-34-16-14-29(3)15-17-34)27-38-40(35)48-18-9-10-20-54(28-49-44(58)37-23-31(5)53-55(37)8-2)41-36(46-6)24-32(42(45)56)26-39(41)60-22-12-21-59-38/h9-11,13,23-27,29,34,47-48,50H,6-8,12,14-22,28H2,1-5H3,(H2,45,56)(H,49,58)(H,51,57)/b10-9+,13-11+,52-30-. The molecule has 2 heterocycles. The molecule has 1 aromatic heterocycles. The van der Waals surface area contributed by atoms with Crippen LogP contribution in [0.4, 0.5) is 22.7 Å². The van der Waals surface area contributed by atoms with Gasteiger partial charge < -0.3 is 46.8 Å². The van der Waals surface area contributed by atoms with E-state index in [9.17, 15) is 14.4 Å². The van der Waals surface area contributed by atoms with Gasteiger partial charge in [0.2, 0.25) is 5.91 Å². The van der Waals surface area contributed by atoms with Crippen molar-refractivity contribution in [1.82, 2.24) is 25.8 Å². The predicted octanol–water partition coefficient (Wildman–Crippen LogP) is 5.93. The number of carbonyl (C=O) groups excluding carboxylic acids is 3. The van der Waals surface area contributed by atoms with Crippen LogP contribution >= 0.6 is 0 Å². The van der Waals surface area contributed by atoms with Gasteiger partial charge in [-0.25, -0.2) is 0 Å². The number of anilines is 3. The molecule has 1 aliphatic heterocycles. The van der Waals surface area contributed by atoms with Crippen molar-refractivity contribution < 1.29 is 23.9 Å². The molecular formula is C44H61N11O5. The van der Waals surface area contributed by atoms with Crippen molar-refractivity contribution in [3.63, 3.8) is 0 Å². The Morgan fingerprint density at radius 1 is 1.02 bits per heavy atom. The van der Waals surface area contributed by atoms with Gasteiger partial charge in [-0.1, -0.05) is 25.2 Å². The first-order valence-electron chi connectivity index (χ1n) is 20.8. The molecule has 3 aromatic rings. The number of hydrogen-bond donors (Lipinski definition) is 6. The number of aromatic nitrogens is 2. The van der Waals surface area contributed by atoms with E-state index < -0.39 is 5.91 Å². The first kappa shape index (κ1) is 44.8. The molecule has 16 heteroatoms. The van der Waals surface area contributed by atoms with E-state index in [2.05, 4.69) is 55.5 Å². The number of nitrogens with zero attached hydrogens (tertiary/aromatic N) is 5. The molecule has 1 fully saturated rings. The number of fused-ring (bicyclic) bond motifs is 2. The van der Waals surface area contributed by atoms with Crippen molar-refractivity contribution in [2.24, 2.45) is 21.7 Å². The fourth-order valence-corrected chi connectivity index (χ4v) is 7.11. The Bertz CT molecular complexity index is 2070. The summed E-state index contributed by atoms with van der Waals surface area (Å²) in [6.45, 7) is 16.7. The molecule has 5 rings (SSSR count). The van der Waals surface area contributed by atoms with Gasteiger partial charge in [-0.2, -0.15) is 10.2 Å². The molecule has 7 N–H and O–H groups in total. The Labute approximate surface area is 353 Å². The highest BCUT2D eigenvalue weighted by Crippen LogP contribution is 2.40. The zero-order chi connectivity index (χ0) is 43.0. The molecule has 2 aromatic carbocycles. The van der Waals surface area contributed by atoms with E-state index in [0.29, 0.717) is 84.0 Å². The second kappa shape index (κ2) is 22.2. The Hall–Kier alpha value is -6.32. The average molecular weight is 824 g/mol. The number of primary amides is 1. The zero-order valence-corrected chi connectivity index (χ0v) is 35.6. The summed E-state index contributed by atoms with van der Waals surface area (Å²) in [6, 6.07) is 8.65. The minimum absolute atomic E-state index is 0.0658. The average Bonchev–Trinajstić information content (AvgIpc) is 3.63. The van der Waals surface area contributed by atoms with Crippen LogP contribution in [0.1, 0.15) is 96.7 Å². The lowest BCUT2D eigenvalue weighted by Crippen LogP contribution is -2.39. The summed E-state index contributed by atoms with van der Waals surface area (Å²) in [7, 11) is 0. The fraction of sp³-hybridized carbons (Fsp3) is 0.455. The molecule has 2 aliphatic rings. The third kappa shape index (κ3) is 12.3. The van der Waals surface area contributed by atoms with E-state index in [1.807, 2.05) is 63.0 Å². The lowest BCUT2D eigenvalue weighted by atomic mass is 9.87. The number of benzene rings is 2. The smallest absolute Gasteiger partial charge is 0.270 e. The van der Waals surface area contributed by atoms with Gasteiger partial charge >= 0.3 is 0 Å². The maximum absolute atomic E-state index is 13.8. The highest BCUT2D eigenvalue weighted by atomic mass is 16.5. The van der Waals surface area contributed by atoms with Crippen molar-refractivity contribution in [2.45, 2.75) is 79.3 Å². The van der Waals surface area contributed by atoms with Gasteiger partial charge in [0.1, 0.15) is 28.6 Å². The Balaban J connectivity index is 1.46. The summed E-state index contributed by atoms with van der Waals surface area (Å²) in [5.74, 6) is 0.429. The largest absolute Gasteiger partial charge is 0.491 e. The maximum Gasteiger partial charge on any atom is 0.270 e. The highest BCUT2D eigenvalue weighted by Gasteiger charge is 2.24. The van der Waals surface area contributed by atoms with E-state index in [0.717, 1.165) is 43.6 Å². The Kier molecular flexibility index (Phi) is 16.5. The van der Waals surface area contributed by atoms with Crippen molar-refractivity contribution >= 4 is 52.9 Å². The van der Waals surface area contributed by atoms with Crippen molar-refractivity contribution in [3.05, 3.63) is 77.2 Å². The van der Waals surface area contributed by atoms with Gasteiger partial charge in [-0.05, 0) is 102 Å². The molecule has 0 atom stereocenters. The highest BCUT2D eigenvalue weighted by molar-refractivity contribution is 5.98. The van der Waals surface area contributed by atoms with Crippen molar-refractivity contribution in [3.8, 4) is 11.5 Å². The quantitative estimate of drug-likeness (QED) is 0.0643. The molecule has 322 valence electrons. The van der Waals surface area contributed by atoms with Crippen LogP contribution in [0.2, 0.25) is 0 Å². The predicted molar refractivity (Wildman–Crippen MR) is 239 cm³/mol. The normalized spacial score (nSPS) is 17.9. The van der Waals surface area contributed by atoms with Gasteiger partial charge in [0.25, 0.3) is 11.8 Å². The van der Waals surface area contributed by atoms with Gasteiger partial charge in [0.05, 0.1) is 42.7 Å². The number of aryl methyl sites for hydroxylation is 2. The van der Waals surface area contributed by atoms with E-state index >= 15 is 0 Å². The number of carbonyl (C=O) groups is 3. The third-order valence-corrected chi connectivity index (χ3v) is 10.3. The number of nitrogens with two attached hydrogens (primary N) is 1. The molecule has 0 radical (unpaired) electrons. The second-order valence-corrected chi connectivity index (χ2v) is 15.0.